The molecule has 0 spiro atoms. The maximum Gasteiger partial charge on any atom is 0.442 e. The van der Waals surface area contributed by atoms with Gasteiger partial charge in [0.15, 0.2) is 5.82 Å². The number of carbonyl (C=O) groups excluding carboxylic acids is 2. The lowest BCUT2D eigenvalue weighted by Crippen LogP contribution is -2.52. The summed E-state index contributed by atoms with van der Waals surface area (Å²) in [5, 5.41) is 3.73. The van der Waals surface area contributed by atoms with Crippen LogP contribution in [0.3, 0.4) is 0 Å². The maximum atomic E-state index is 12.4. The second-order valence-corrected chi connectivity index (χ2v) is 6.53. The monoisotopic (exact) mass is 322 g/mol. The summed E-state index contributed by atoms with van der Waals surface area (Å²) in [7, 11) is 0. The fourth-order valence-electron chi connectivity index (χ4n) is 2.84. The van der Waals surface area contributed by atoms with Crippen molar-refractivity contribution in [2.24, 2.45) is 5.92 Å². The van der Waals surface area contributed by atoms with Crippen LogP contribution in [0.15, 0.2) is 9.32 Å². The molecule has 2 heterocycles. The number of hydrogen-bond donors (Lipinski definition) is 0. The molecule has 0 unspecified atom stereocenters. The Balaban J connectivity index is 1.58. The summed E-state index contributed by atoms with van der Waals surface area (Å²) in [5.41, 5.74) is 0. The van der Waals surface area contributed by atoms with Crippen molar-refractivity contribution >= 4 is 11.8 Å². The van der Waals surface area contributed by atoms with E-state index in [1.54, 1.807) is 4.90 Å². The lowest BCUT2D eigenvalue weighted by Gasteiger charge is -2.35. The molecule has 8 nitrogen and oxygen atoms in total. The van der Waals surface area contributed by atoms with Crippen LogP contribution in [0.5, 0.6) is 0 Å². The van der Waals surface area contributed by atoms with Crippen LogP contribution < -0.4 is 5.76 Å². The molecule has 23 heavy (non-hydrogen) atoms. The molecular formula is C15H22N4O4. The van der Waals surface area contributed by atoms with Gasteiger partial charge in [0.05, 0.1) is 0 Å². The van der Waals surface area contributed by atoms with E-state index in [9.17, 15) is 14.4 Å². The van der Waals surface area contributed by atoms with Crippen LogP contribution in [0.25, 0.3) is 0 Å². The van der Waals surface area contributed by atoms with E-state index in [4.69, 9.17) is 0 Å². The summed E-state index contributed by atoms with van der Waals surface area (Å²) in [6.45, 7) is 5.86. The Morgan fingerprint density at radius 2 is 1.78 bits per heavy atom. The van der Waals surface area contributed by atoms with Crippen molar-refractivity contribution in [3.8, 4) is 0 Å². The molecule has 0 aromatic carbocycles. The Morgan fingerprint density at radius 1 is 1.17 bits per heavy atom. The molecule has 1 aliphatic carbocycles. The van der Waals surface area contributed by atoms with E-state index in [-0.39, 0.29) is 30.2 Å². The number of rotatable bonds is 4. The molecule has 8 heteroatoms. The fourth-order valence-corrected chi connectivity index (χ4v) is 2.84. The van der Waals surface area contributed by atoms with Crippen molar-refractivity contribution in [3.63, 3.8) is 0 Å². The van der Waals surface area contributed by atoms with Crippen LogP contribution in [-0.4, -0.2) is 57.5 Å². The second-order valence-electron chi connectivity index (χ2n) is 6.53. The number of amides is 2. The molecule has 1 aliphatic heterocycles. The van der Waals surface area contributed by atoms with Crippen molar-refractivity contribution in [3.05, 3.63) is 16.4 Å². The van der Waals surface area contributed by atoms with Gasteiger partial charge in [-0.05, 0) is 12.8 Å². The lowest BCUT2D eigenvalue weighted by molar-refractivity contribution is -0.140. The quantitative estimate of drug-likeness (QED) is 0.781. The van der Waals surface area contributed by atoms with Crippen LogP contribution >= 0.6 is 0 Å². The molecule has 2 aliphatic rings. The van der Waals surface area contributed by atoms with Crippen LogP contribution in [0.4, 0.5) is 0 Å². The highest BCUT2D eigenvalue weighted by Crippen LogP contribution is 2.31. The number of nitrogens with zero attached hydrogens (tertiary/aromatic N) is 4. The van der Waals surface area contributed by atoms with Gasteiger partial charge in [0.2, 0.25) is 11.8 Å². The van der Waals surface area contributed by atoms with E-state index in [0.29, 0.717) is 32.0 Å². The molecule has 1 saturated carbocycles. The molecule has 1 saturated heterocycles. The van der Waals surface area contributed by atoms with Crippen LogP contribution in [0.1, 0.15) is 38.4 Å². The fraction of sp³-hybridized carbons (Fsp3) is 0.733. The zero-order valence-electron chi connectivity index (χ0n) is 13.5. The van der Waals surface area contributed by atoms with Gasteiger partial charge in [-0.15, -0.1) is 0 Å². The number of aromatic nitrogens is 2. The van der Waals surface area contributed by atoms with Gasteiger partial charge >= 0.3 is 5.76 Å². The van der Waals surface area contributed by atoms with E-state index in [1.165, 1.54) is 4.57 Å². The SMILES string of the molecule is CC(C)c1noc(=O)n1CC(=O)N1CCN(C(=O)C2CC2)CC1. The van der Waals surface area contributed by atoms with Gasteiger partial charge in [-0.3, -0.25) is 18.7 Å². The minimum absolute atomic E-state index is 0.00209. The summed E-state index contributed by atoms with van der Waals surface area (Å²) in [5.74, 6) is 0.157. The van der Waals surface area contributed by atoms with Crippen molar-refractivity contribution in [2.45, 2.75) is 39.2 Å². The number of hydrogen-bond acceptors (Lipinski definition) is 5. The first-order valence-corrected chi connectivity index (χ1v) is 8.10. The summed E-state index contributed by atoms with van der Waals surface area (Å²) >= 11 is 0. The average Bonchev–Trinajstić information content (AvgIpc) is 3.32. The molecule has 3 rings (SSSR count). The topological polar surface area (TPSA) is 88.6 Å². The van der Waals surface area contributed by atoms with Crippen LogP contribution in [-0.2, 0) is 16.1 Å². The zero-order valence-corrected chi connectivity index (χ0v) is 13.5. The first kappa shape index (κ1) is 15.8. The molecule has 2 amide bonds. The second kappa shape index (κ2) is 6.17. The molecule has 1 aromatic heterocycles. The highest BCUT2D eigenvalue weighted by atomic mass is 16.5. The van der Waals surface area contributed by atoms with E-state index in [1.807, 2.05) is 18.7 Å². The van der Waals surface area contributed by atoms with E-state index in [0.717, 1.165) is 12.8 Å². The van der Waals surface area contributed by atoms with Gasteiger partial charge in [0, 0.05) is 38.0 Å². The third-order valence-corrected chi connectivity index (χ3v) is 4.39. The lowest BCUT2D eigenvalue weighted by atomic mass is 10.2. The number of carbonyl (C=O) groups is 2. The normalized spacial score (nSPS) is 18.6. The first-order valence-electron chi connectivity index (χ1n) is 8.10. The Bertz CT molecular complexity index is 651. The third kappa shape index (κ3) is 3.30. The van der Waals surface area contributed by atoms with Crippen molar-refractivity contribution in [1.82, 2.24) is 19.5 Å². The van der Waals surface area contributed by atoms with Crippen molar-refractivity contribution in [1.29, 1.82) is 0 Å². The smallest absolute Gasteiger partial charge is 0.339 e. The molecule has 1 aromatic rings. The van der Waals surface area contributed by atoms with Gasteiger partial charge < -0.3 is 9.80 Å². The van der Waals surface area contributed by atoms with Gasteiger partial charge in [-0.1, -0.05) is 19.0 Å². The Morgan fingerprint density at radius 3 is 2.35 bits per heavy atom. The average molecular weight is 322 g/mol. The highest BCUT2D eigenvalue weighted by Gasteiger charge is 2.35. The molecule has 0 N–H and O–H groups in total. The third-order valence-electron chi connectivity index (χ3n) is 4.39. The van der Waals surface area contributed by atoms with Gasteiger partial charge in [0.1, 0.15) is 6.54 Å². The van der Waals surface area contributed by atoms with Crippen molar-refractivity contribution < 1.29 is 14.1 Å². The number of piperazine rings is 1. The minimum atomic E-state index is -0.607. The Hall–Kier alpha value is -2.12. The summed E-state index contributed by atoms with van der Waals surface area (Å²) in [4.78, 5) is 39.7. The van der Waals surface area contributed by atoms with E-state index < -0.39 is 5.76 Å². The highest BCUT2D eigenvalue weighted by molar-refractivity contribution is 5.81. The Labute approximate surface area is 134 Å². The first-order chi connectivity index (χ1) is 11.0. The standard InChI is InChI=1S/C15H22N4O4/c1-10(2)13-16-23-15(22)19(13)9-12(20)17-5-7-18(8-6-17)14(21)11-3-4-11/h10-11H,3-9H2,1-2H3. The van der Waals surface area contributed by atoms with Crippen LogP contribution in [0.2, 0.25) is 0 Å². The molecule has 0 radical (unpaired) electrons. The van der Waals surface area contributed by atoms with Crippen molar-refractivity contribution in [2.75, 3.05) is 26.2 Å². The molecule has 0 bridgehead atoms. The summed E-state index contributed by atoms with van der Waals surface area (Å²) in [6.07, 6.45) is 1.98. The molecule has 2 fully saturated rings. The largest absolute Gasteiger partial charge is 0.442 e. The minimum Gasteiger partial charge on any atom is -0.339 e. The van der Waals surface area contributed by atoms with E-state index >= 15 is 0 Å². The van der Waals surface area contributed by atoms with Crippen LogP contribution in [0, 0.1) is 5.92 Å². The molecular weight excluding hydrogens is 300 g/mol. The maximum absolute atomic E-state index is 12.4. The Kier molecular flexibility index (Phi) is 4.23. The van der Waals surface area contributed by atoms with Gasteiger partial charge in [-0.25, -0.2) is 4.79 Å². The van der Waals surface area contributed by atoms with Gasteiger partial charge in [0.25, 0.3) is 0 Å². The molecule has 0 atom stereocenters. The summed E-state index contributed by atoms with van der Waals surface area (Å²) < 4.78 is 5.95. The summed E-state index contributed by atoms with van der Waals surface area (Å²) in [6, 6.07) is 0. The van der Waals surface area contributed by atoms with E-state index in [2.05, 4.69) is 9.68 Å². The predicted molar refractivity (Wildman–Crippen MR) is 80.7 cm³/mol. The molecule has 126 valence electrons. The zero-order chi connectivity index (χ0) is 16.6. The predicted octanol–water partition coefficient (Wildman–Crippen LogP) is 0.0405. The van der Waals surface area contributed by atoms with Gasteiger partial charge in [-0.2, -0.15) is 0 Å².